The van der Waals surface area contributed by atoms with Crippen molar-refractivity contribution in [2.24, 2.45) is 0 Å². The lowest BCUT2D eigenvalue weighted by Gasteiger charge is -2.13. The molecule has 2 amide bonds. The van der Waals surface area contributed by atoms with Gasteiger partial charge in [-0.25, -0.2) is 0 Å². The lowest BCUT2D eigenvalue weighted by atomic mass is 10.1. The maximum atomic E-state index is 12.6. The van der Waals surface area contributed by atoms with Crippen LogP contribution in [0.1, 0.15) is 27.9 Å². The number of hydrogen-bond acceptors (Lipinski definition) is 5. The minimum Gasteiger partial charge on any atom is -0.497 e. The Bertz CT molecular complexity index is 988. The number of aromatic amines is 1. The maximum absolute atomic E-state index is 12.6. The van der Waals surface area contributed by atoms with Gasteiger partial charge in [-0.1, -0.05) is 0 Å². The first kappa shape index (κ1) is 19.2. The van der Waals surface area contributed by atoms with E-state index in [1.165, 1.54) is 11.1 Å². The maximum Gasteiger partial charge on any atom is 0.273 e. The fraction of sp³-hybridized carbons (Fsp3) is 0.263. The molecule has 0 atom stereocenters. The van der Waals surface area contributed by atoms with Gasteiger partial charge in [0.15, 0.2) is 0 Å². The number of ether oxygens (including phenoxy) is 1. The average Bonchev–Trinajstić information content (AvgIpc) is 3.34. The molecule has 2 aromatic heterocycles. The summed E-state index contributed by atoms with van der Waals surface area (Å²) in [7, 11) is 4.90. The number of nitrogens with zero attached hydrogens (tertiary/aromatic N) is 4. The molecule has 0 spiro atoms. The molecule has 28 heavy (non-hydrogen) atoms. The lowest BCUT2D eigenvalue weighted by molar-refractivity contribution is 0.0816. The van der Waals surface area contributed by atoms with E-state index in [9.17, 15) is 9.59 Å². The van der Waals surface area contributed by atoms with Crippen molar-refractivity contribution in [3.05, 3.63) is 47.9 Å². The molecule has 2 heterocycles. The van der Waals surface area contributed by atoms with Crippen LogP contribution >= 0.6 is 0 Å². The highest BCUT2D eigenvalue weighted by molar-refractivity contribution is 6.07. The highest BCUT2D eigenvalue weighted by Crippen LogP contribution is 2.22. The summed E-state index contributed by atoms with van der Waals surface area (Å²) in [6.45, 7) is 2.39. The molecule has 2 N–H and O–H groups in total. The third kappa shape index (κ3) is 3.73. The van der Waals surface area contributed by atoms with Gasteiger partial charge in [-0.05, 0) is 37.3 Å². The molecule has 0 aliphatic rings. The molecule has 0 aliphatic carbocycles. The van der Waals surface area contributed by atoms with Crippen LogP contribution < -0.4 is 10.1 Å². The van der Waals surface area contributed by atoms with Gasteiger partial charge in [0.2, 0.25) is 0 Å². The number of methoxy groups -OCH3 is 1. The van der Waals surface area contributed by atoms with Crippen LogP contribution in [0.2, 0.25) is 0 Å². The van der Waals surface area contributed by atoms with E-state index in [4.69, 9.17) is 4.74 Å². The third-order valence-electron chi connectivity index (χ3n) is 4.20. The Kier molecular flexibility index (Phi) is 5.44. The predicted molar refractivity (Wildman–Crippen MR) is 104 cm³/mol. The summed E-state index contributed by atoms with van der Waals surface area (Å²) in [6, 6.07) is 9.00. The van der Waals surface area contributed by atoms with Crippen molar-refractivity contribution in [2.75, 3.05) is 26.5 Å². The number of carbonyl (C=O) groups is 2. The Morgan fingerprint density at radius 2 is 1.96 bits per heavy atom. The number of aromatic nitrogens is 4. The molecule has 0 unspecified atom stereocenters. The highest BCUT2D eigenvalue weighted by Gasteiger charge is 2.22. The van der Waals surface area contributed by atoms with Crippen LogP contribution in [0.5, 0.6) is 5.75 Å². The molecule has 146 valence electrons. The molecule has 0 saturated heterocycles. The average molecular weight is 382 g/mol. The normalized spacial score (nSPS) is 10.6. The van der Waals surface area contributed by atoms with Crippen LogP contribution in [-0.2, 0) is 6.54 Å². The van der Waals surface area contributed by atoms with Crippen molar-refractivity contribution in [2.45, 2.75) is 13.5 Å². The van der Waals surface area contributed by atoms with Crippen molar-refractivity contribution in [3.63, 3.8) is 0 Å². The summed E-state index contributed by atoms with van der Waals surface area (Å²) >= 11 is 0. The Hall–Kier alpha value is -3.62. The van der Waals surface area contributed by atoms with Gasteiger partial charge in [0, 0.05) is 26.2 Å². The second kappa shape index (κ2) is 7.95. The molecule has 1 aromatic carbocycles. The van der Waals surface area contributed by atoms with E-state index in [1.807, 2.05) is 31.2 Å². The molecular weight excluding hydrogens is 360 g/mol. The van der Waals surface area contributed by atoms with Gasteiger partial charge in [-0.2, -0.15) is 10.2 Å². The van der Waals surface area contributed by atoms with Crippen molar-refractivity contribution in [3.8, 4) is 17.0 Å². The zero-order chi connectivity index (χ0) is 20.3. The molecule has 0 bridgehead atoms. The number of nitrogens with one attached hydrogen (secondary N) is 2. The number of hydrogen-bond donors (Lipinski definition) is 2. The summed E-state index contributed by atoms with van der Waals surface area (Å²) in [5.41, 5.74) is 2.43. The number of anilines is 1. The van der Waals surface area contributed by atoms with Gasteiger partial charge >= 0.3 is 0 Å². The SMILES string of the molecule is CCn1ncc(NC(=O)c2cc(-c3ccc(OC)cc3)n[nH]2)c1C(=O)N(C)C. The second-order valence-electron chi connectivity index (χ2n) is 6.27. The molecule has 9 nitrogen and oxygen atoms in total. The first-order valence-electron chi connectivity index (χ1n) is 8.73. The van der Waals surface area contributed by atoms with Gasteiger partial charge in [0.1, 0.15) is 17.1 Å². The minimum absolute atomic E-state index is 0.238. The zero-order valence-electron chi connectivity index (χ0n) is 16.2. The Morgan fingerprint density at radius 1 is 1.25 bits per heavy atom. The molecule has 0 saturated carbocycles. The molecule has 0 fully saturated rings. The smallest absolute Gasteiger partial charge is 0.273 e. The Labute approximate surface area is 162 Å². The van der Waals surface area contributed by atoms with Crippen molar-refractivity contribution in [1.29, 1.82) is 0 Å². The third-order valence-corrected chi connectivity index (χ3v) is 4.20. The monoisotopic (exact) mass is 382 g/mol. The Balaban J connectivity index is 1.82. The number of amides is 2. The van der Waals surface area contributed by atoms with Crippen molar-refractivity contribution in [1.82, 2.24) is 24.9 Å². The fourth-order valence-corrected chi connectivity index (χ4v) is 2.69. The minimum atomic E-state index is -0.407. The van der Waals surface area contributed by atoms with Crippen LogP contribution in [0.4, 0.5) is 5.69 Å². The lowest BCUT2D eigenvalue weighted by Crippen LogP contribution is -2.26. The molecule has 3 aromatic rings. The number of benzene rings is 1. The van der Waals surface area contributed by atoms with E-state index >= 15 is 0 Å². The van der Waals surface area contributed by atoms with E-state index in [0.29, 0.717) is 23.6 Å². The number of aryl methyl sites for hydroxylation is 1. The van der Waals surface area contributed by atoms with E-state index < -0.39 is 5.91 Å². The van der Waals surface area contributed by atoms with Gasteiger partial charge < -0.3 is 15.0 Å². The Morgan fingerprint density at radius 3 is 2.57 bits per heavy atom. The first-order chi connectivity index (χ1) is 13.4. The van der Waals surface area contributed by atoms with Crippen molar-refractivity contribution < 1.29 is 14.3 Å². The molecule has 3 rings (SSSR count). The second-order valence-corrected chi connectivity index (χ2v) is 6.27. The van der Waals surface area contributed by atoms with E-state index in [2.05, 4.69) is 20.6 Å². The van der Waals surface area contributed by atoms with Crippen molar-refractivity contribution >= 4 is 17.5 Å². The summed E-state index contributed by atoms with van der Waals surface area (Å²) in [4.78, 5) is 26.5. The summed E-state index contributed by atoms with van der Waals surface area (Å²) in [5, 5.41) is 13.8. The molecule has 0 aliphatic heterocycles. The quantitative estimate of drug-likeness (QED) is 0.680. The summed E-state index contributed by atoms with van der Waals surface area (Å²) in [6.07, 6.45) is 1.47. The number of carbonyl (C=O) groups excluding carboxylic acids is 2. The van der Waals surface area contributed by atoms with Gasteiger partial charge in [-0.3, -0.25) is 19.4 Å². The van der Waals surface area contributed by atoms with Gasteiger partial charge in [0.05, 0.1) is 24.7 Å². The standard InChI is InChI=1S/C19H22N6O3/c1-5-25-17(19(27)24(2)3)16(11-20-25)21-18(26)15-10-14(22-23-15)12-6-8-13(28-4)9-7-12/h6-11H,5H2,1-4H3,(H,21,26)(H,22,23). The fourth-order valence-electron chi connectivity index (χ4n) is 2.69. The molecular formula is C19H22N6O3. The van der Waals surface area contributed by atoms with Crippen LogP contribution in [0.25, 0.3) is 11.3 Å². The first-order valence-corrected chi connectivity index (χ1v) is 8.73. The summed E-state index contributed by atoms with van der Waals surface area (Å²) < 4.78 is 6.69. The largest absolute Gasteiger partial charge is 0.497 e. The van der Waals surface area contributed by atoms with E-state index in [1.54, 1.807) is 32.0 Å². The zero-order valence-corrected chi connectivity index (χ0v) is 16.2. The van der Waals surface area contributed by atoms with Crippen LogP contribution in [0.15, 0.2) is 36.5 Å². The highest BCUT2D eigenvalue weighted by atomic mass is 16.5. The predicted octanol–water partition coefficient (Wildman–Crippen LogP) is 2.26. The van der Waals surface area contributed by atoms with E-state index in [-0.39, 0.29) is 11.6 Å². The topological polar surface area (TPSA) is 105 Å². The van der Waals surface area contributed by atoms with Crippen LogP contribution in [0, 0.1) is 0 Å². The van der Waals surface area contributed by atoms with Crippen LogP contribution in [0.3, 0.4) is 0 Å². The van der Waals surface area contributed by atoms with Gasteiger partial charge in [0.25, 0.3) is 11.8 Å². The summed E-state index contributed by atoms with van der Waals surface area (Å²) in [5.74, 6) is 0.0946. The van der Waals surface area contributed by atoms with E-state index in [0.717, 1.165) is 11.3 Å². The number of H-pyrrole nitrogens is 1. The van der Waals surface area contributed by atoms with Crippen LogP contribution in [-0.4, -0.2) is 57.9 Å². The molecule has 0 radical (unpaired) electrons. The molecule has 9 heteroatoms. The number of rotatable bonds is 6. The van der Waals surface area contributed by atoms with Gasteiger partial charge in [-0.15, -0.1) is 0 Å².